The summed E-state index contributed by atoms with van der Waals surface area (Å²) in [5.41, 5.74) is -1.23. The van der Waals surface area contributed by atoms with Gasteiger partial charge >= 0.3 is 12.1 Å². The second kappa shape index (κ2) is 5.06. The standard InChI is InChI=1S/C10H5ClF3NO2/c1-17-9(16)3-2-6-4-7(10(12,13)14)15-8(11)5-6/h4-5H,1H3. The zero-order valence-electron chi connectivity index (χ0n) is 8.43. The van der Waals surface area contributed by atoms with Gasteiger partial charge in [-0.15, -0.1) is 0 Å². The van der Waals surface area contributed by atoms with E-state index in [1.165, 1.54) is 0 Å². The van der Waals surface area contributed by atoms with Crippen LogP contribution in [0.15, 0.2) is 12.1 Å². The summed E-state index contributed by atoms with van der Waals surface area (Å²) in [5.74, 6) is 3.33. The molecule has 90 valence electrons. The highest BCUT2D eigenvalue weighted by Crippen LogP contribution is 2.29. The van der Waals surface area contributed by atoms with Crippen molar-refractivity contribution in [2.24, 2.45) is 0 Å². The Balaban J connectivity index is 3.13. The zero-order valence-corrected chi connectivity index (χ0v) is 9.19. The molecule has 0 bridgehead atoms. The van der Waals surface area contributed by atoms with Gasteiger partial charge in [-0.1, -0.05) is 17.5 Å². The SMILES string of the molecule is COC(=O)C#Cc1cc(Cl)nc(C(F)(F)F)c1. The van der Waals surface area contributed by atoms with Crippen molar-refractivity contribution in [3.63, 3.8) is 0 Å². The number of esters is 1. The van der Waals surface area contributed by atoms with Crippen molar-refractivity contribution in [2.45, 2.75) is 6.18 Å². The minimum Gasteiger partial charge on any atom is -0.459 e. The molecule has 0 spiro atoms. The molecule has 17 heavy (non-hydrogen) atoms. The predicted octanol–water partition coefficient (Wildman–Crippen LogP) is 2.28. The van der Waals surface area contributed by atoms with Crippen LogP contribution in [0.4, 0.5) is 13.2 Å². The average Bonchev–Trinajstić information content (AvgIpc) is 2.24. The number of carbonyl (C=O) groups is 1. The molecule has 0 unspecified atom stereocenters. The van der Waals surface area contributed by atoms with E-state index in [0.29, 0.717) is 6.07 Å². The maximum absolute atomic E-state index is 12.4. The van der Waals surface area contributed by atoms with E-state index in [1.807, 2.05) is 5.92 Å². The van der Waals surface area contributed by atoms with Crippen LogP contribution >= 0.6 is 11.6 Å². The van der Waals surface area contributed by atoms with Crippen LogP contribution in [-0.4, -0.2) is 18.1 Å². The topological polar surface area (TPSA) is 39.2 Å². The lowest BCUT2D eigenvalue weighted by Gasteiger charge is -2.05. The minimum absolute atomic E-state index is 0.0669. The smallest absolute Gasteiger partial charge is 0.433 e. The molecule has 0 saturated heterocycles. The fourth-order valence-electron chi connectivity index (χ4n) is 0.889. The van der Waals surface area contributed by atoms with E-state index in [0.717, 1.165) is 13.2 Å². The molecule has 1 aromatic rings. The van der Waals surface area contributed by atoms with Crippen LogP contribution in [0.3, 0.4) is 0 Å². The van der Waals surface area contributed by atoms with Crippen LogP contribution in [0.2, 0.25) is 5.15 Å². The number of aromatic nitrogens is 1. The number of carbonyl (C=O) groups excluding carboxylic acids is 1. The quantitative estimate of drug-likeness (QED) is 0.409. The van der Waals surface area contributed by atoms with Crippen LogP contribution in [0.1, 0.15) is 11.3 Å². The molecular formula is C10H5ClF3NO2. The molecule has 0 aliphatic carbocycles. The van der Waals surface area contributed by atoms with Gasteiger partial charge in [0.05, 0.1) is 7.11 Å². The highest BCUT2D eigenvalue weighted by Gasteiger charge is 2.33. The lowest BCUT2D eigenvalue weighted by molar-refractivity contribution is -0.141. The molecule has 1 rings (SSSR count). The molecule has 0 N–H and O–H groups in total. The van der Waals surface area contributed by atoms with Gasteiger partial charge in [-0.05, 0) is 12.1 Å². The first-order chi connectivity index (χ1) is 7.82. The first kappa shape index (κ1) is 13.3. The molecule has 1 aromatic heterocycles. The first-order valence-electron chi connectivity index (χ1n) is 4.17. The molecule has 3 nitrogen and oxygen atoms in total. The third-order valence-corrected chi connectivity index (χ3v) is 1.77. The van der Waals surface area contributed by atoms with E-state index in [4.69, 9.17) is 11.6 Å². The number of nitrogens with zero attached hydrogens (tertiary/aromatic N) is 1. The number of alkyl halides is 3. The average molecular weight is 264 g/mol. The molecule has 0 aliphatic heterocycles. The maximum atomic E-state index is 12.4. The third-order valence-electron chi connectivity index (χ3n) is 1.58. The van der Waals surface area contributed by atoms with E-state index in [2.05, 4.69) is 15.6 Å². The molecule has 0 aliphatic rings. The summed E-state index contributed by atoms with van der Waals surface area (Å²) >= 11 is 5.41. The van der Waals surface area contributed by atoms with Gasteiger partial charge in [0, 0.05) is 11.5 Å². The third kappa shape index (κ3) is 3.96. The van der Waals surface area contributed by atoms with Crippen LogP contribution in [0, 0.1) is 11.8 Å². The summed E-state index contributed by atoms with van der Waals surface area (Å²) in [6.45, 7) is 0. The van der Waals surface area contributed by atoms with Gasteiger partial charge in [-0.2, -0.15) is 13.2 Å². The van der Waals surface area contributed by atoms with E-state index < -0.39 is 17.8 Å². The second-order valence-electron chi connectivity index (χ2n) is 2.80. The molecule has 0 atom stereocenters. The summed E-state index contributed by atoms with van der Waals surface area (Å²) in [4.78, 5) is 13.8. The number of methoxy groups -OCH3 is 1. The van der Waals surface area contributed by atoms with Crippen molar-refractivity contribution in [2.75, 3.05) is 7.11 Å². The van der Waals surface area contributed by atoms with Crippen molar-refractivity contribution in [1.82, 2.24) is 4.98 Å². The maximum Gasteiger partial charge on any atom is 0.433 e. The van der Waals surface area contributed by atoms with Crippen molar-refractivity contribution >= 4 is 17.6 Å². The highest BCUT2D eigenvalue weighted by atomic mass is 35.5. The second-order valence-corrected chi connectivity index (χ2v) is 3.19. The Hall–Kier alpha value is -1.74. The summed E-state index contributed by atoms with van der Waals surface area (Å²) in [7, 11) is 1.11. The Bertz CT molecular complexity index is 502. The van der Waals surface area contributed by atoms with Crippen molar-refractivity contribution in [3.05, 3.63) is 28.5 Å². The van der Waals surface area contributed by atoms with Crippen LogP contribution in [0.25, 0.3) is 0 Å². The largest absolute Gasteiger partial charge is 0.459 e. The summed E-state index contributed by atoms with van der Waals surface area (Å²) in [5, 5.41) is -0.353. The Morgan fingerprint density at radius 3 is 2.65 bits per heavy atom. The zero-order chi connectivity index (χ0) is 13.1. The van der Waals surface area contributed by atoms with Gasteiger partial charge in [0.25, 0.3) is 0 Å². The Morgan fingerprint density at radius 1 is 1.47 bits per heavy atom. The first-order valence-corrected chi connectivity index (χ1v) is 4.55. The van der Waals surface area contributed by atoms with Gasteiger partial charge < -0.3 is 4.74 Å². The fourth-order valence-corrected chi connectivity index (χ4v) is 1.10. The molecule has 0 saturated carbocycles. The van der Waals surface area contributed by atoms with E-state index in [-0.39, 0.29) is 10.7 Å². The lowest BCUT2D eigenvalue weighted by Crippen LogP contribution is -2.08. The van der Waals surface area contributed by atoms with Crippen molar-refractivity contribution in [3.8, 4) is 11.8 Å². The molecular weight excluding hydrogens is 259 g/mol. The summed E-state index contributed by atoms with van der Waals surface area (Å²) in [6.07, 6.45) is -4.62. The normalized spacial score (nSPS) is 10.4. The Morgan fingerprint density at radius 2 is 2.12 bits per heavy atom. The Kier molecular flexibility index (Phi) is 3.97. The highest BCUT2D eigenvalue weighted by molar-refractivity contribution is 6.29. The van der Waals surface area contributed by atoms with Gasteiger partial charge in [0.15, 0.2) is 0 Å². The van der Waals surface area contributed by atoms with E-state index in [1.54, 1.807) is 0 Å². The lowest BCUT2D eigenvalue weighted by atomic mass is 10.2. The van der Waals surface area contributed by atoms with Gasteiger partial charge in [-0.25, -0.2) is 9.78 Å². The molecule has 0 aromatic carbocycles. The number of ether oxygens (including phenoxy) is 1. The van der Waals surface area contributed by atoms with Crippen molar-refractivity contribution in [1.29, 1.82) is 0 Å². The minimum atomic E-state index is -4.62. The fraction of sp³-hybridized carbons (Fsp3) is 0.200. The summed E-state index contributed by atoms with van der Waals surface area (Å²) in [6, 6.07) is 1.81. The molecule has 0 amide bonds. The number of hydrogen-bond acceptors (Lipinski definition) is 3. The number of pyridine rings is 1. The van der Waals surface area contributed by atoms with Gasteiger partial charge in [0.2, 0.25) is 0 Å². The number of rotatable bonds is 0. The predicted molar refractivity (Wildman–Crippen MR) is 53.1 cm³/mol. The van der Waals surface area contributed by atoms with Crippen LogP contribution < -0.4 is 0 Å². The molecule has 0 radical (unpaired) electrons. The van der Waals surface area contributed by atoms with Crippen LogP contribution in [0.5, 0.6) is 0 Å². The van der Waals surface area contributed by atoms with Crippen LogP contribution in [-0.2, 0) is 15.7 Å². The van der Waals surface area contributed by atoms with E-state index in [9.17, 15) is 18.0 Å². The molecule has 0 fully saturated rings. The molecule has 1 heterocycles. The summed E-state index contributed by atoms with van der Waals surface area (Å²) < 4.78 is 41.3. The monoisotopic (exact) mass is 263 g/mol. The Labute approximate surface area is 99.5 Å². The van der Waals surface area contributed by atoms with E-state index >= 15 is 0 Å². The number of halogens is 4. The number of hydrogen-bond donors (Lipinski definition) is 0. The van der Waals surface area contributed by atoms with Gasteiger partial charge in [-0.3, -0.25) is 0 Å². The van der Waals surface area contributed by atoms with Crippen molar-refractivity contribution < 1.29 is 22.7 Å². The molecule has 7 heteroatoms. The van der Waals surface area contributed by atoms with Gasteiger partial charge in [0.1, 0.15) is 10.8 Å².